The van der Waals surface area contributed by atoms with Gasteiger partial charge < -0.3 is 0 Å². The first-order chi connectivity index (χ1) is 4.29. The number of aryl methyl sites for hydroxylation is 1. The smallest absolute Gasteiger partial charge is 0.178 e. The quantitative estimate of drug-likeness (QED) is 0.505. The van der Waals surface area contributed by atoms with Crippen molar-refractivity contribution in [2.45, 2.75) is 6.92 Å². The summed E-state index contributed by atoms with van der Waals surface area (Å²) in [5.74, 6) is 0. The van der Waals surface area contributed by atoms with E-state index in [0.717, 1.165) is 5.56 Å². The lowest BCUT2D eigenvalue weighted by molar-refractivity contribution is 1.51. The molecule has 0 bridgehead atoms. The van der Waals surface area contributed by atoms with Gasteiger partial charge in [-0.15, -0.1) is 0 Å². The number of hydrogen-bond acceptors (Lipinski definition) is 1. The average Bonchev–Trinajstić information content (AvgIpc) is 1.97. The summed E-state index contributed by atoms with van der Waals surface area (Å²) in [6, 6.07) is 8.59. The first-order valence-corrected chi connectivity index (χ1v) is 2.86. The van der Waals surface area contributed by atoms with Crippen molar-refractivity contribution in [3.05, 3.63) is 46.1 Å². The van der Waals surface area contributed by atoms with E-state index in [1.807, 2.05) is 19.1 Å². The van der Waals surface area contributed by atoms with Gasteiger partial charge in [0.15, 0.2) is 5.43 Å². The lowest BCUT2D eigenvalue weighted by Gasteiger charge is -1.74. The zero-order valence-electron chi connectivity index (χ0n) is 5.29. The van der Waals surface area contributed by atoms with Crippen LogP contribution in [0.25, 0.3) is 0 Å². The molecule has 0 aliphatic carbocycles. The summed E-state index contributed by atoms with van der Waals surface area (Å²) in [6.45, 7) is 1.96. The van der Waals surface area contributed by atoms with E-state index in [4.69, 9.17) is 0 Å². The predicted octanol–water partition coefficient (Wildman–Crippen LogP) is 1.36. The highest BCUT2D eigenvalue weighted by Gasteiger charge is 1.77. The summed E-state index contributed by atoms with van der Waals surface area (Å²) in [7, 11) is 0. The molecule has 0 atom stereocenters. The molecule has 0 aliphatic rings. The third kappa shape index (κ3) is 1.68. The normalized spacial score (nSPS) is 9.00. The Morgan fingerprint density at radius 2 is 1.89 bits per heavy atom. The molecule has 0 saturated carbocycles. The second-order valence-electron chi connectivity index (χ2n) is 2.01. The van der Waals surface area contributed by atoms with E-state index < -0.39 is 0 Å². The molecule has 0 aliphatic heterocycles. The third-order valence-electron chi connectivity index (χ3n) is 1.13. The zero-order chi connectivity index (χ0) is 6.69. The molecule has 0 saturated heterocycles. The molecule has 1 aromatic rings. The van der Waals surface area contributed by atoms with Crippen LogP contribution in [0.5, 0.6) is 0 Å². The zero-order valence-corrected chi connectivity index (χ0v) is 5.29. The van der Waals surface area contributed by atoms with E-state index >= 15 is 0 Å². The maximum absolute atomic E-state index is 10.6. The number of rotatable bonds is 0. The summed E-state index contributed by atoms with van der Waals surface area (Å²) in [5.41, 5.74) is 1.17. The maximum atomic E-state index is 10.6. The minimum Gasteiger partial charge on any atom is -0.290 e. The van der Waals surface area contributed by atoms with Gasteiger partial charge in [0.2, 0.25) is 0 Å². The van der Waals surface area contributed by atoms with E-state index in [2.05, 4.69) is 0 Å². The molecule has 0 unspecified atom stereocenters. The predicted molar refractivity (Wildman–Crippen MR) is 37.4 cm³/mol. The van der Waals surface area contributed by atoms with Gasteiger partial charge >= 0.3 is 0 Å². The van der Waals surface area contributed by atoms with Crippen molar-refractivity contribution in [3.8, 4) is 0 Å². The van der Waals surface area contributed by atoms with Crippen LogP contribution in [0.4, 0.5) is 0 Å². The van der Waals surface area contributed by atoms with Crippen molar-refractivity contribution in [1.29, 1.82) is 0 Å². The Morgan fingerprint density at radius 3 is 2.67 bits per heavy atom. The Labute approximate surface area is 54.0 Å². The molecule has 0 N–H and O–H groups in total. The first kappa shape index (κ1) is 6.02. The first-order valence-electron chi connectivity index (χ1n) is 2.86. The summed E-state index contributed by atoms with van der Waals surface area (Å²) >= 11 is 0. The highest BCUT2D eigenvalue weighted by Crippen LogP contribution is 1.88. The minimum absolute atomic E-state index is 0.0584. The average molecular weight is 120 g/mol. The Bertz CT molecular complexity index is 252. The largest absolute Gasteiger partial charge is 0.290 e. The summed E-state index contributed by atoms with van der Waals surface area (Å²) < 4.78 is 0. The maximum Gasteiger partial charge on any atom is 0.178 e. The SMILES string of the molecule is Cc1cccc(=O)cc1. The molecule has 1 aromatic carbocycles. The summed E-state index contributed by atoms with van der Waals surface area (Å²) in [5, 5.41) is 0. The van der Waals surface area contributed by atoms with Crippen LogP contribution < -0.4 is 5.43 Å². The van der Waals surface area contributed by atoms with Crippen LogP contribution in [-0.2, 0) is 0 Å². The molecule has 0 heterocycles. The fraction of sp³-hybridized carbons (Fsp3) is 0.125. The lowest BCUT2D eigenvalue weighted by atomic mass is 10.3. The van der Waals surface area contributed by atoms with Gasteiger partial charge in [0, 0.05) is 0 Å². The molecule has 1 heteroatoms. The number of hydrogen-bond donors (Lipinski definition) is 0. The van der Waals surface area contributed by atoms with Gasteiger partial charge in [-0.3, -0.25) is 4.79 Å². The Kier molecular flexibility index (Phi) is 1.63. The molecule has 0 amide bonds. The highest BCUT2D eigenvalue weighted by molar-refractivity contribution is 5.11. The fourth-order valence-electron chi connectivity index (χ4n) is 0.619. The Hall–Kier alpha value is -1.11. The van der Waals surface area contributed by atoms with Gasteiger partial charge in [-0.2, -0.15) is 0 Å². The van der Waals surface area contributed by atoms with E-state index in [1.165, 1.54) is 0 Å². The van der Waals surface area contributed by atoms with Crippen LogP contribution in [0.3, 0.4) is 0 Å². The van der Waals surface area contributed by atoms with Gasteiger partial charge in [0.1, 0.15) is 0 Å². The van der Waals surface area contributed by atoms with E-state index in [1.54, 1.807) is 18.2 Å². The molecule has 46 valence electrons. The highest BCUT2D eigenvalue weighted by atomic mass is 16.1. The van der Waals surface area contributed by atoms with Crippen LogP contribution in [0.2, 0.25) is 0 Å². The van der Waals surface area contributed by atoms with Crippen LogP contribution >= 0.6 is 0 Å². The fourth-order valence-corrected chi connectivity index (χ4v) is 0.619. The van der Waals surface area contributed by atoms with Crippen molar-refractivity contribution in [1.82, 2.24) is 0 Å². The lowest BCUT2D eigenvalue weighted by Crippen LogP contribution is -1.87. The second-order valence-corrected chi connectivity index (χ2v) is 2.01. The molecule has 9 heavy (non-hydrogen) atoms. The molecule has 1 rings (SSSR count). The molecular weight excluding hydrogens is 112 g/mol. The topological polar surface area (TPSA) is 17.1 Å². The van der Waals surface area contributed by atoms with Gasteiger partial charge in [0.25, 0.3) is 0 Å². The van der Waals surface area contributed by atoms with Gasteiger partial charge in [-0.05, 0) is 19.1 Å². The van der Waals surface area contributed by atoms with Crippen molar-refractivity contribution >= 4 is 0 Å². The molecule has 0 radical (unpaired) electrons. The van der Waals surface area contributed by atoms with Crippen LogP contribution in [0, 0.1) is 6.92 Å². The van der Waals surface area contributed by atoms with Crippen LogP contribution in [-0.4, -0.2) is 0 Å². The Morgan fingerprint density at radius 1 is 1.11 bits per heavy atom. The Balaban J connectivity index is 3.33. The van der Waals surface area contributed by atoms with Crippen molar-refractivity contribution in [2.24, 2.45) is 0 Å². The van der Waals surface area contributed by atoms with Crippen LogP contribution in [0.1, 0.15) is 5.56 Å². The molecule has 0 fully saturated rings. The van der Waals surface area contributed by atoms with E-state index in [-0.39, 0.29) is 5.43 Å². The molecular formula is C8H8O. The molecule has 0 aromatic heterocycles. The third-order valence-corrected chi connectivity index (χ3v) is 1.13. The molecule has 0 spiro atoms. The van der Waals surface area contributed by atoms with Crippen LogP contribution in [0.15, 0.2) is 35.1 Å². The van der Waals surface area contributed by atoms with Crippen molar-refractivity contribution in [2.75, 3.05) is 0 Å². The summed E-state index contributed by atoms with van der Waals surface area (Å²) in [4.78, 5) is 10.6. The van der Waals surface area contributed by atoms with Crippen molar-refractivity contribution < 1.29 is 0 Å². The molecule has 1 nitrogen and oxygen atoms in total. The van der Waals surface area contributed by atoms with Gasteiger partial charge in [-0.1, -0.05) is 23.8 Å². The van der Waals surface area contributed by atoms with E-state index in [9.17, 15) is 4.79 Å². The summed E-state index contributed by atoms with van der Waals surface area (Å²) in [6.07, 6.45) is 0. The monoisotopic (exact) mass is 120 g/mol. The minimum atomic E-state index is 0.0584. The van der Waals surface area contributed by atoms with E-state index in [0.29, 0.717) is 0 Å². The van der Waals surface area contributed by atoms with Gasteiger partial charge in [-0.25, -0.2) is 0 Å². The van der Waals surface area contributed by atoms with Gasteiger partial charge in [0.05, 0.1) is 0 Å². The second kappa shape index (κ2) is 2.44. The standard InChI is InChI=1S/C8H8O/c1-7-3-2-4-8(9)6-5-7/h2-6H,1H3. The van der Waals surface area contributed by atoms with Crippen molar-refractivity contribution in [3.63, 3.8) is 0 Å².